The van der Waals surface area contributed by atoms with Crippen molar-refractivity contribution in [2.45, 2.75) is 13.1 Å². The molecule has 1 unspecified atom stereocenters. The molecule has 0 spiro atoms. The minimum absolute atomic E-state index is 0.0664. The number of methoxy groups -OCH3 is 1. The molecule has 16 heavy (non-hydrogen) atoms. The Labute approximate surface area is 92.0 Å². The van der Waals surface area contributed by atoms with Crippen LogP contribution in [0.15, 0.2) is 18.2 Å². The second kappa shape index (κ2) is 5.44. The Balaban J connectivity index is 3.03. The Kier molecular flexibility index (Phi) is 4.22. The highest BCUT2D eigenvalue weighted by Crippen LogP contribution is 2.30. The number of esters is 1. The van der Waals surface area contributed by atoms with Gasteiger partial charge in [0.15, 0.2) is 11.6 Å². The third-order valence-corrected chi connectivity index (χ3v) is 1.97. The maximum absolute atomic E-state index is 13.6. The van der Waals surface area contributed by atoms with Gasteiger partial charge in [-0.1, -0.05) is 12.1 Å². The van der Waals surface area contributed by atoms with Crippen molar-refractivity contribution < 1.29 is 23.0 Å². The molecule has 0 fully saturated rings. The molecule has 1 aromatic carbocycles. The molecule has 0 saturated heterocycles. The van der Waals surface area contributed by atoms with Crippen molar-refractivity contribution in [2.75, 3.05) is 13.7 Å². The van der Waals surface area contributed by atoms with Gasteiger partial charge in [0, 0.05) is 5.56 Å². The highest BCUT2D eigenvalue weighted by Gasteiger charge is 2.26. The molecule has 0 radical (unpaired) electrons. The molecule has 88 valence electrons. The van der Waals surface area contributed by atoms with Gasteiger partial charge in [-0.3, -0.25) is 0 Å². The standard InChI is InChI=1S/C11H12F2O3/c1-3-16-11(14)9(13)7-5-4-6-8(12)10(7)15-2/h4-6,9H,3H2,1-2H3. The molecule has 0 heterocycles. The van der Waals surface area contributed by atoms with E-state index in [1.807, 2.05) is 0 Å². The zero-order chi connectivity index (χ0) is 12.1. The highest BCUT2D eigenvalue weighted by atomic mass is 19.1. The van der Waals surface area contributed by atoms with Crippen LogP contribution in [0, 0.1) is 5.82 Å². The summed E-state index contributed by atoms with van der Waals surface area (Å²) in [4.78, 5) is 11.1. The van der Waals surface area contributed by atoms with Gasteiger partial charge in [0.25, 0.3) is 0 Å². The van der Waals surface area contributed by atoms with Crippen LogP contribution >= 0.6 is 0 Å². The predicted molar refractivity (Wildman–Crippen MR) is 53.4 cm³/mol. The molecular formula is C11H12F2O3. The summed E-state index contributed by atoms with van der Waals surface area (Å²) >= 11 is 0. The lowest BCUT2D eigenvalue weighted by atomic mass is 10.1. The number of carbonyl (C=O) groups is 1. The van der Waals surface area contributed by atoms with Crippen LogP contribution in [0.5, 0.6) is 5.75 Å². The summed E-state index contributed by atoms with van der Waals surface area (Å²) < 4.78 is 36.0. The maximum atomic E-state index is 13.6. The van der Waals surface area contributed by atoms with Crippen LogP contribution in [0.4, 0.5) is 8.78 Å². The SMILES string of the molecule is CCOC(=O)C(F)c1cccc(F)c1OC. The van der Waals surface area contributed by atoms with Crippen LogP contribution in [0.25, 0.3) is 0 Å². The van der Waals surface area contributed by atoms with Crippen LogP contribution in [0.3, 0.4) is 0 Å². The van der Waals surface area contributed by atoms with Gasteiger partial charge in [-0.2, -0.15) is 0 Å². The lowest BCUT2D eigenvalue weighted by Gasteiger charge is -2.12. The van der Waals surface area contributed by atoms with Crippen molar-refractivity contribution >= 4 is 5.97 Å². The molecule has 5 heteroatoms. The number of halogens is 2. The Morgan fingerprint density at radius 1 is 1.50 bits per heavy atom. The van der Waals surface area contributed by atoms with Gasteiger partial charge in [0.1, 0.15) is 0 Å². The molecule has 3 nitrogen and oxygen atoms in total. The fourth-order valence-electron chi connectivity index (χ4n) is 1.28. The van der Waals surface area contributed by atoms with Crippen molar-refractivity contribution in [1.82, 2.24) is 0 Å². The summed E-state index contributed by atoms with van der Waals surface area (Å²) in [5.41, 5.74) is -0.166. The van der Waals surface area contributed by atoms with E-state index in [4.69, 9.17) is 4.74 Å². The second-order valence-corrected chi connectivity index (χ2v) is 2.98. The normalized spacial score (nSPS) is 12.0. The Hall–Kier alpha value is -1.65. The van der Waals surface area contributed by atoms with E-state index in [1.165, 1.54) is 19.2 Å². The van der Waals surface area contributed by atoms with Crippen LogP contribution in [0.1, 0.15) is 18.7 Å². The average molecular weight is 230 g/mol. The van der Waals surface area contributed by atoms with Gasteiger partial charge in [0.05, 0.1) is 13.7 Å². The van der Waals surface area contributed by atoms with Crippen LogP contribution in [0.2, 0.25) is 0 Å². The zero-order valence-electron chi connectivity index (χ0n) is 9.00. The van der Waals surface area contributed by atoms with E-state index in [0.29, 0.717) is 0 Å². The summed E-state index contributed by atoms with van der Waals surface area (Å²) in [6.07, 6.45) is -2.04. The first-order valence-corrected chi connectivity index (χ1v) is 4.74. The van der Waals surface area contributed by atoms with Crippen molar-refractivity contribution in [1.29, 1.82) is 0 Å². The zero-order valence-corrected chi connectivity index (χ0v) is 9.00. The summed E-state index contributed by atoms with van der Waals surface area (Å²) in [7, 11) is 1.21. The lowest BCUT2D eigenvalue weighted by molar-refractivity contribution is -0.149. The molecule has 1 aromatic rings. The molecule has 0 aliphatic rings. The van der Waals surface area contributed by atoms with Crippen LogP contribution in [-0.4, -0.2) is 19.7 Å². The van der Waals surface area contributed by atoms with E-state index in [1.54, 1.807) is 6.92 Å². The third-order valence-electron chi connectivity index (χ3n) is 1.97. The Bertz CT molecular complexity index is 379. The number of ether oxygens (including phenoxy) is 2. The highest BCUT2D eigenvalue weighted by molar-refractivity contribution is 5.77. The molecule has 0 saturated carbocycles. The molecule has 0 aromatic heterocycles. The Morgan fingerprint density at radius 3 is 2.75 bits per heavy atom. The first-order valence-electron chi connectivity index (χ1n) is 4.74. The largest absolute Gasteiger partial charge is 0.493 e. The summed E-state index contributed by atoms with van der Waals surface area (Å²) in [5.74, 6) is -2.04. The summed E-state index contributed by atoms with van der Waals surface area (Å²) in [5, 5.41) is 0. The minimum Gasteiger partial charge on any atom is -0.493 e. The monoisotopic (exact) mass is 230 g/mol. The smallest absolute Gasteiger partial charge is 0.345 e. The Morgan fingerprint density at radius 2 is 2.19 bits per heavy atom. The molecular weight excluding hydrogens is 218 g/mol. The summed E-state index contributed by atoms with van der Waals surface area (Å²) in [6.45, 7) is 1.63. The number of para-hydroxylation sites is 1. The molecule has 0 aliphatic heterocycles. The molecule has 0 bridgehead atoms. The number of benzene rings is 1. The van der Waals surface area contributed by atoms with E-state index in [0.717, 1.165) is 6.07 Å². The number of hydrogen-bond acceptors (Lipinski definition) is 3. The van der Waals surface area contributed by atoms with Crippen molar-refractivity contribution in [2.24, 2.45) is 0 Å². The lowest BCUT2D eigenvalue weighted by Crippen LogP contribution is -2.13. The molecule has 1 rings (SSSR count). The van der Waals surface area contributed by atoms with Gasteiger partial charge < -0.3 is 9.47 Å². The summed E-state index contributed by atoms with van der Waals surface area (Å²) in [6, 6.07) is 3.71. The number of hydrogen-bond donors (Lipinski definition) is 0. The third kappa shape index (κ3) is 2.48. The fraction of sp³-hybridized carbons (Fsp3) is 0.364. The van der Waals surface area contributed by atoms with Crippen molar-refractivity contribution in [3.05, 3.63) is 29.6 Å². The van der Waals surface area contributed by atoms with Gasteiger partial charge in [-0.05, 0) is 13.0 Å². The molecule has 0 amide bonds. The molecule has 0 N–H and O–H groups in total. The van der Waals surface area contributed by atoms with E-state index in [2.05, 4.69) is 4.74 Å². The maximum Gasteiger partial charge on any atom is 0.345 e. The first-order chi connectivity index (χ1) is 7.61. The average Bonchev–Trinajstić information content (AvgIpc) is 2.28. The first kappa shape index (κ1) is 12.4. The van der Waals surface area contributed by atoms with Gasteiger partial charge in [-0.25, -0.2) is 13.6 Å². The van der Waals surface area contributed by atoms with Crippen molar-refractivity contribution in [3.63, 3.8) is 0 Å². The topological polar surface area (TPSA) is 35.5 Å². The predicted octanol–water partition coefficient (Wildman–Crippen LogP) is 2.41. The van der Waals surface area contributed by atoms with Gasteiger partial charge in [0.2, 0.25) is 6.17 Å². The van der Waals surface area contributed by atoms with E-state index in [9.17, 15) is 13.6 Å². The fourth-order valence-corrected chi connectivity index (χ4v) is 1.28. The number of rotatable bonds is 4. The second-order valence-electron chi connectivity index (χ2n) is 2.98. The van der Waals surface area contributed by atoms with Crippen molar-refractivity contribution in [3.8, 4) is 5.75 Å². The molecule has 1 atom stereocenters. The van der Waals surface area contributed by atoms with Gasteiger partial charge >= 0.3 is 5.97 Å². The van der Waals surface area contributed by atoms with Gasteiger partial charge in [-0.15, -0.1) is 0 Å². The van der Waals surface area contributed by atoms with E-state index in [-0.39, 0.29) is 17.9 Å². The van der Waals surface area contributed by atoms with Crippen LogP contribution in [-0.2, 0) is 9.53 Å². The quantitative estimate of drug-likeness (QED) is 0.745. The van der Waals surface area contributed by atoms with E-state index < -0.39 is 18.0 Å². The van der Waals surface area contributed by atoms with E-state index >= 15 is 0 Å². The number of carbonyl (C=O) groups excluding carboxylic acids is 1. The van der Waals surface area contributed by atoms with Crippen LogP contribution < -0.4 is 4.74 Å². The molecule has 0 aliphatic carbocycles. The number of alkyl halides is 1. The minimum atomic E-state index is -2.04.